The van der Waals surface area contributed by atoms with Gasteiger partial charge in [0.1, 0.15) is 11.6 Å². The van der Waals surface area contributed by atoms with Crippen molar-refractivity contribution >= 4 is 11.8 Å². The van der Waals surface area contributed by atoms with Crippen molar-refractivity contribution in [3.05, 3.63) is 118 Å². The third-order valence-electron chi connectivity index (χ3n) is 6.51. The molecular weight excluding hydrogens is 584 g/mol. The lowest BCUT2D eigenvalue weighted by molar-refractivity contribution is -0.143. The number of halogens is 8. The van der Waals surface area contributed by atoms with Crippen LogP contribution < -0.4 is 10.6 Å². The van der Waals surface area contributed by atoms with Crippen molar-refractivity contribution in [1.82, 2.24) is 10.6 Å². The zero-order valence-corrected chi connectivity index (χ0v) is 22.7. The molecule has 0 spiro atoms. The van der Waals surface area contributed by atoms with Gasteiger partial charge in [-0.3, -0.25) is 9.59 Å². The van der Waals surface area contributed by atoms with Crippen LogP contribution in [0.3, 0.4) is 0 Å². The summed E-state index contributed by atoms with van der Waals surface area (Å²) in [5.74, 6) is -2.23. The Hall–Kier alpha value is -4.22. The third kappa shape index (κ3) is 10.5. The van der Waals surface area contributed by atoms with Crippen molar-refractivity contribution in [1.29, 1.82) is 0 Å². The SMILES string of the molecule is O=C(CCCCC(c1ccc(F)cc1)c1ccc(F)cc1)NC/C=C/CNC(=O)c1cc(C(F)(F)F)cc(C(F)(F)F)c1. The van der Waals surface area contributed by atoms with Crippen LogP contribution in [0.2, 0.25) is 0 Å². The van der Waals surface area contributed by atoms with E-state index in [1.54, 1.807) is 24.3 Å². The predicted octanol–water partition coefficient (Wildman–Crippen LogP) is 7.80. The summed E-state index contributed by atoms with van der Waals surface area (Å²) in [4.78, 5) is 24.3. The highest BCUT2D eigenvalue weighted by Gasteiger charge is 2.37. The minimum Gasteiger partial charge on any atom is -0.353 e. The molecule has 12 heteroatoms. The molecule has 0 saturated heterocycles. The number of benzene rings is 3. The van der Waals surface area contributed by atoms with Crippen LogP contribution in [0, 0.1) is 11.6 Å². The number of hydrogen-bond acceptors (Lipinski definition) is 2. The van der Waals surface area contributed by atoms with E-state index in [1.807, 2.05) is 0 Å². The molecule has 0 unspecified atom stereocenters. The molecule has 0 aromatic heterocycles. The molecule has 4 nitrogen and oxygen atoms in total. The van der Waals surface area contributed by atoms with Crippen LogP contribution in [0.5, 0.6) is 0 Å². The molecule has 43 heavy (non-hydrogen) atoms. The minimum absolute atomic E-state index is 0.0607. The van der Waals surface area contributed by atoms with Crippen LogP contribution in [0.25, 0.3) is 0 Å². The van der Waals surface area contributed by atoms with Gasteiger partial charge in [0.2, 0.25) is 5.91 Å². The second kappa shape index (κ2) is 14.8. The highest BCUT2D eigenvalue weighted by molar-refractivity contribution is 5.94. The Morgan fingerprint density at radius 3 is 1.60 bits per heavy atom. The molecule has 2 N–H and O–H groups in total. The summed E-state index contributed by atoms with van der Waals surface area (Å²) in [5.41, 5.74) is -2.24. The molecular formula is C31H28F8N2O2. The number of carbonyl (C=O) groups excluding carboxylic acids is 2. The molecule has 0 aliphatic heterocycles. The minimum atomic E-state index is -5.07. The van der Waals surface area contributed by atoms with E-state index in [-0.39, 0.29) is 49.0 Å². The van der Waals surface area contributed by atoms with Gasteiger partial charge < -0.3 is 10.6 Å². The predicted molar refractivity (Wildman–Crippen MR) is 144 cm³/mol. The summed E-state index contributed by atoms with van der Waals surface area (Å²) in [6.07, 6.45) is -5.22. The quantitative estimate of drug-likeness (QED) is 0.125. The Morgan fingerprint density at radius 2 is 1.14 bits per heavy atom. The zero-order chi connectivity index (χ0) is 31.6. The van der Waals surface area contributed by atoms with Gasteiger partial charge in [-0.05, 0) is 66.4 Å². The van der Waals surface area contributed by atoms with Crippen molar-refractivity contribution in [3.63, 3.8) is 0 Å². The molecule has 0 heterocycles. The van der Waals surface area contributed by atoms with Gasteiger partial charge in [-0.2, -0.15) is 26.3 Å². The Bertz CT molecular complexity index is 1320. The highest BCUT2D eigenvalue weighted by atomic mass is 19.4. The van der Waals surface area contributed by atoms with Crippen LogP contribution in [0.4, 0.5) is 35.1 Å². The molecule has 0 radical (unpaired) electrons. The molecule has 0 aliphatic rings. The summed E-state index contributed by atoms with van der Waals surface area (Å²) in [5, 5.41) is 4.86. The van der Waals surface area contributed by atoms with Crippen molar-refractivity contribution in [3.8, 4) is 0 Å². The number of unbranched alkanes of at least 4 members (excludes halogenated alkanes) is 1. The van der Waals surface area contributed by atoms with E-state index >= 15 is 0 Å². The first-order valence-corrected chi connectivity index (χ1v) is 13.2. The van der Waals surface area contributed by atoms with Crippen LogP contribution in [-0.2, 0) is 17.1 Å². The van der Waals surface area contributed by atoms with Gasteiger partial charge >= 0.3 is 12.4 Å². The molecule has 0 bridgehead atoms. The molecule has 0 atom stereocenters. The Labute approximate surface area is 242 Å². The lowest BCUT2D eigenvalue weighted by Gasteiger charge is -2.18. The van der Waals surface area contributed by atoms with E-state index in [0.717, 1.165) is 11.1 Å². The smallest absolute Gasteiger partial charge is 0.353 e. The van der Waals surface area contributed by atoms with Gasteiger partial charge in [0.15, 0.2) is 0 Å². The van der Waals surface area contributed by atoms with Gasteiger partial charge in [-0.15, -0.1) is 0 Å². The third-order valence-corrected chi connectivity index (χ3v) is 6.51. The summed E-state index contributed by atoms with van der Waals surface area (Å²) in [6, 6.07) is 12.7. The lowest BCUT2D eigenvalue weighted by Crippen LogP contribution is -2.25. The average molecular weight is 613 g/mol. The maximum absolute atomic E-state index is 13.4. The van der Waals surface area contributed by atoms with E-state index in [0.29, 0.717) is 31.4 Å². The molecule has 2 amide bonds. The largest absolute Gasteiger partial charge is 0.416 e. The normalized spacial score (nSPS) is 12.1. The fraction of sp³-hybridized carbons (Fsp3) is 0.290. The second-order valence-electron chi connectivity index (χ2n) is 9.68. The number of nitrogens with one attached hydrogen (secondary N) is 2. The molecule has 3 aromatic rings. The standard InChI is InChI=1S/C31H28F8N2O2/c32-25-11-7-20(8-12-25)27(21-9-13-26(33)14-10-21)5-1-2-6-28(42)40-15-3-4-16-41-29(43)22-17-23(30(34,35)36)19-24(18-22)31(37,38)39/h3-4,7-14,17-19,27H,1-2,5-6,15-16H2,(H,40,42)(H,41,43)/b4-3+. The summed E-state index contributed by atoms with van der Waals surface area (Å²) < 4.78 is 105. The fourth-order valence-corrected chi connectivity index (χ4v) is 4.32. The zero-order valence-electron chi connectivity index (χ0n) is 22.7. The number of rotatable bonds is 12. The Kier molecular flexibility index (Phi) is 11.4. The molecule has 3 rings (SSSR count). The first kappa shape index (κ1) is 33.3. The molecule has 230 valence electrons. The van der Waals surface area contributed by atoms with Gasteiger partial charge in [0.05, 0.1) is 11.1 Å². The van der Waals surface area contributed by atoms with Crippen LogP contribution in [0.15, 0.2) is 78.9 Å². The first-order chi connectivity index (χ1) is 20.2. The van der Waals surface area contributed by atoms with Crippen LogP contribution >= 0.6 is 0 Å². The topological polar surface area (TPSA) is 58.2 Å². The van der Waals surface area contributed by atoms with Crippen molar-refractivity contribution in [2.75, 3.05) is 13.1 Å². The van der Waals surface area contributed by atoms with E-state index in [1.165, 1.54) is 36.4 Å². The van der Waals surface area contributed by atoms with E-state index < -0.39 is 35.0 Å². The van der Waals surface area contributed by atoms with E-state index in [9.17, 15) is 44.7 Å². The summed E-state index contributed by atoms with van der Waals surface area (Å²) in [6.45, 7) is -0.106. The molecule has 0 aliphatic carbocycles. The van der Waals surface area contributed by atoms with Gasteiger partial charge in [-0.25, -0.2) is 8.78 Å². The van der Waals surface area contributed by atoms with Gasteiger partial charge in [0, 0.05) is 31.0 Å². The Balaban J connectivity index is 1.42. The average Bonchev–Trinajstić information content (AvgIpc) is 2.95. The maximum atomic E-state index is 13.4. The van der Waals surface area contributed by atoms with Gasteiger partial charge in [-0.1, -0.05) is 42.8 Å². The lowest BCUT2D eigenvalue weighted by atomic mass is 9.87. The summed E-state index contributed by atoms with van der Waals surface area (Å²) in [7, 11) is 0. The Morgan fingerprint density at radius 1 is 0.674 bits per heavy atom. The molecule has 3 aromatic carbocycles. The number of alkyl halides is 6. The highest BCUT2D eigenvalue weighted by Crippen LogP contribution is 2.36. The maximum Gasteiger partial charge on any atom is 0.416 e. The van der Waals surface area contributed by atoms with Crippen molar-refractivity contribution in [2.45, 2.75) is 44.0 Å². The number of amides is 2. The van der Waals surface area contributed by atoms with E-state index in [2.05, 4.69) is 10.6 Å². The fourth-order valence-electron chi connectivity index (χ4n) is 4.32. The van der Waals surface area contributed by atoms with Crippen molar-refractivity contribution < 1.29 is 44.7 Å². The first-order valence-electron chi connectivity index (χ1n) is 13.2. The second-order valence-corrected chi connectivity index (χ2v) is 9.68. The van der Waals surface area contributed by atoms with Crippen LogP contribution in [-0.4, -0.2) is 24.9 Å². The van der Waals surface area contributed by atoms with Gasteiger partial charge in [0.25, 0.3) is 5.91 Å². The van der Waals surface area contributed by atoms with E-state index in [4.69, 9.17) is 0 Å². The number of carbonyl (C=O) groups is 2. The molecule has 0 saturated carbocycles. The number of hydrogen-bond donors (Lipinski definition) is 2. The summed E-state index contributed by atoms with van der Waals surface area (Å²) >= 11 is 0. The monoisotopic (exact) mass is 612 g/mol. The van der Waals surface area contributed by atoms with Crippen LogP contribution in [0.1, 0.15) is 64.2 Å². The molecule has 0 fully saturated rings. The van der Waals surface area contributed by atoms with Crippen molar-refractivity contribution in [2.24, 2.45) is 0 Å².